The van der Waals surface area contributed by atoms with Crippen LogP contribution in [0, 0.1) is 11.8 Å². The van der Waals surface area contributed by atoms with Crippen molar-refractivity contribution in [2.45, 2.75) is 64.5 Å². The van der Waals surface area contributed by atoms with Crippen LogP contribution in [0.3, 0.4) is 0 Å². The maximum Gasteiger partial charge on any atom is 0.0130 e. The van der Waals surface area contributed by atoms with Gasteiger partial charge in [0.1, 0.15) is 0 Å². The summed E-state index contributed by atoms with van der Waals surface area (Å²) in [7, 11) is 0. The van der Waals surface area contributed by atoms with Crippen LogP contribution in [-0.2, 0) is 0 Å². The Hall–Kier alpha value is -0.0400. The molecule has 0 bridgehead atoms. The molecule has 2 aliphatic rings. The van der Waals surface area contributed by atoms with Gasteiger partial charge in [0, 0.05) is 11.6 Å². The molecule has 1 saturated carbocycles. The minimum Gasteiger partial charge on any atom is -0.309 e. The van der Waals surface area contributed by atoms with Crippen LogP contribution in [0.1, 0.15) is 52.9 Å². The Balaban J connectivity index is 2.07. The van der Waals surface area contributed by atoms with Gasteiger partial charge in [0.25, 0.3) is 0 Å². The molecule has 13 heavy (non-hydrogen) atoms. The van der Waals surface area contributed by atoms with E-state index in [4.69, 9.17) is 0 Å². The summed E-state index contributed by atoms with van der Waals surface area (Å²) in [5.74, 6) is 1.91. The van der Waals surface area contributed by atoms with Gasteiger partial charge in [0.05, 0.1) is 0 Å². The quantitative estimate of drug-likeness (QED) is 0.606. The molecule has 0 spiro atoms. The van der Waals surface area contributed by atoms with E-state index in [1.165, 1.54) is 32.1 Å². The van der Waals surface area contributed by atoms with Gasteiger partial charge in [-0.25, -0.2) is 0 Å². The predicted molar refractivity (Wildman–Crippen MR) is 56.7 cm³/mol. The fourth-order valence-electron chi connectivity index (χ4n) is 3.54. The predicted octanol–water partition coefficient (Wildman–Crippen LogP) is 2.95. The number of fused-ring (bicyclic) bond motifs is 1. The summed E-state index contributed by atoms with van der Waals surface area (Å²) in [6.45, 7) is 7.16. The Morgan fingerprint density at radius 2 is 1.85 bits per heavy atom. The third-order valence-electron chi connectivity index (χ3n) is 3.96. The summed E-state index contributed by atoms with van der Waals surface area (Å²) in [4.78, 5) is 0. The van der Waals surface area contributed by atoms with Crippen molar-refractivity contribution in [3.8, 4) is 0 Å². The Morgan fingerprint density at radius 1 is 1.15 bits per heavy atom. The highest BCUT2D eigenvalue weighted by Crippen LogP contribution is 2.39. The van der Waals surface area contributed by atoms with E-state index in [9.17, 15) is 0 Å². The maximum atomic E-state index is 3.83. The van der Waals surface area contributed by atoms with Crippen LogP contribution in [0.25, 0.3) is 0 Å². The van der Waals surface area contributed by atoms with Crippen LogP contribution in [0.5, 0.6) is 0 Å². The van der Waals surface area contributed by atoms with Crippen molar-refractivity contribution in [3.63, 3.8) is 0 Å². The molecule has 1 aliphatic carbocycles. The van der Waals surface area contributed by atoms with E-state index in [0.29, 0.717) is 5.54 Å². The zero-order chi connectivity index (χ0) is 9.47. The zero-order valence-electron chi connectivity index (χ0n) is 9.27. The van der Waals surface area contributed by atoms with E-state index in [1.807, 2.05) is 0 Å². The van der Waals surface area contributed by atoms with Gasteiger partial charge >= 0.3 is 0 Å². The van der Waals surface area contributed by atoms with Gasteiger partial charge in [-0.05, 0) is 44.9 Å². The second-order valence-corrected chi connectivity index (χ2v) is 5.76. The maximum absolute atomic E-state index is 3.83. The van der Waals surface area contributed by atoms with Gasteiger partial charge in [0.15, 0.2) is 0 Å². The van der Waals surface area contributed by atoms with Gasteiger partial charge < -0.3 is 5.32 Å². The molecule has 76 valence electrons. The molecule has 0 aromatic carbocycles. The molecule has 1 heteroatoms. The molecule has 1 aliphatic heterocycles. The van der Waals surface area contributed by atoms with Crippen LogP contribution in [-0.4, -0.2) is 11.6 Å². The first-order valence-electron chi connectivity index (χ1n) is 5.86. The third-order valence-corrected chi connectivity index (χ3v) is 3.96. The molecule has 0 unspecified atom stereocenters. The van der Waals surface area contributed by atoms with Crippen LogP contribution in [0.4, 0.5) is 0 Å². The van der Waals surface area contributed by atoms with Crippen molar-refractivity contribution in [2.24, 2.45) is 11.8 Å². The van der Waals surface area contributed by atoms with Gasteiger partial charge in [-0.2, -0.15) is 0 Å². The standard InChI is InChI=1S/C12H23N/c1-9-8-12(2,3)13-11-7-5-4-6-10(9)11/h9-11,13H,4-8H2,1-3H3/t9-,10+,11-/m1/s1. The van der Waals surface area contributed by atoms with Crippen LogP contribution < -0.4 is 5.32 Å². The Morgan fingerprint density at radius 3 is 2.62 bits per heavy atom. The summed E-state index contributed by atoms with van der Waals surface area (Å²) >= 11 is 0. The lowest BCUT2D eigenvalue weighted by atomic mass is 9.69. The van der Waals surface area contributed by atoms with E-state index in [2.05, 4.69) is 26.1 Å². The molecule has 1 heterocycles. The lowest BCUT2D eigenvalue weighted by Gasteiger charge is -2.48. The van der Waals surface area contributed by atoms with Crippen molar-refractivity contribution < 1.29 is 0 Å². The molecule has 0 aromatic rings. The van der Waals surface area contributed by atoms with E-state index < -0.39 is 0 Å². The minimum atomic E-state index is 0.387. The molecule has 2 fully saturated rings. The average Bonchev–Trinajstić information content (AvgIpc) is 2.02. The highest BCUT2D eigenvalue weighted by atomic mass is 15.0. The highest BCUT2D eigenvalue weighted by molar-refractivity contribution is 4.96. The highest BCUT2D eigenvalue weighted by Gasteiger charge is 2.39. The third kappa shape index (κ3) is 1.90. The van der Waals surface area contributed by atoms with E-state index in [-0.39, 0.29) is 0 Å². The fourth-order valence-corrected chi connectivity index (χ4v) is 3.54. The molecule has 1 nitrogen and oxygen atoms in total. The average molecular weight is 181 g/mol. The molecule has 0 radical (unpaired) electrons. The first-order chi connectivity index (χ1) is 6.08. The topological polar surface area (TPSA) is 12.0 Å². The van der Waals surface area contributed by atoms with Crippen molar-refractivity contribution in [1.82, 2.24) is 5.32 Å². The van der Waals surface area contributed by atoms with Crippen LogP contribution >= 0.6 is 0 Å². The fraction of sp³-hybridized carbons (Fsp3) is 1.00. The number of nitrogens with one attached hydrogen (secondary N) is 1. The van der Waals surface area contributed by atoms with Gasteiger partial charge in [-0.3, -0.25) is 0 Å². The summed E-state index contributed by atoms with van der Waals surface area (Å²) in [5, 5.41) is 3.83. The first-order valence-corrected chi connectivity index (χ1v) is 5.86. The Kier molecular flexibility index (Phi) is 2.39. The molecular weight excluding hydrogens is 158 g/mol. The van der Waals surface area contributed by atoms with Crippen molar-refractivity contribution in [1.29, 1.82) is 0 Å². The minimum absolute atomic E-state index is 0.387. The van der Waals surface area contributed by atoms with Crippen LogP contribution in [0.2, 0.25) is 0 Å². The van der Waals surface area contributed by atoms with Gasteiger partial charge in [0.2, 0.25) is 0 Å². The Bertz CT molecular complexity index is 186. The summed E-state index contributed by atoms with van der Waals surface area (Å²) < 4.78 is 0. The number of piperidine rings is 1. The molecule has 0 aromatic heterocycles. The van der Waals surface area contributed by atoms with Crippen molar-refractivity contribution >= 4 is 0 Å². The summed E-state index contributed by atoms with van der Waals surface area (Å²) in [5.41, 5.74) is 0.387. The zero-order valence-corrected chi connectivity index (χ0v) is 9.27. The molecular formula is C12H23N. The van der Waals surface area contributed by atoms with E-state index in [0.717, 1.165) is 17.9 Å². The molecule has 0 amide bonds. The largest absolute Gasteiger partial charge is 0.309 e. The Labute approximate surface area is 82.3 Å². The molecule has 1 saturated heterocycles. The smallest absolute Gasteiger partial charge is 0.0130 e. The SMILES string of the molecule is C[C@@H]1CC(C)(C)N[C@@H]2CCCC[C@@H]12. The second-order valence-electron chi connectivity index (χ2n) is 5.76. The summed E-state index contributed by atoms with van der Waals surface area (Å²) in [6.07, 6.45) is 7.14. The van der Waals surface area contributed by atoms with Crippen LogP contribution in [0.15, 0.2) is 0 Å². The molecule has 1 N–H and O–H groups in total. The van der Waals surface area contributed by atoms with Crippen molar-refractivity contribution in [3.05, 3.63) is 0 Å². The number of hydrogen-bond acceptors (Lipinski definition) is 1. The monoisotopic (exact) mass is 181 g/mol. The van der Waals surface area contributed by atoms with E-state index in [1.54, 1.807) is 0 Å². The number of hydrogen-bond donors (Lipinski definition) is 1. The van der Waals surface area contributed by atoms with Crippen molar-refractivity contribution in [2.75, 3.05) is 0 Å². The normalized spacial score (nSPS) is 44.1. The first kappa shape index (κ1) is 9.51. The number of rotatable bonds is 0. The lowest BCUT2D eigenvalue weighted by molar-refractivity contribution is 0.0836. The van der Waals surface area contributed by atoms with Gasteiger partial charge in [-0.1, -0.05) is 19.8 Å². The summed E-state index contributed by atoms with van der Waals surface area (Å²) in [6, 6.07) is 0.826. The second kappa shape index (κ2) is 3.27. The van der Waals surface area contributed by atoms with E-state index >= 15 is 0 Å². The molecule has 3 atom stereocenters. The lowest BCUT2D eigenvalue weighted by Crippen LogP contribution is -2.57. The van der Waals surface area contributed by atoms with Gasteiger partial charge in [-0.15, -0.1) is 0 Å². The molecule has 2 rings (SSSR count).